The molecule has 0 radical (unpaired) electrons. The second-order valence-corrected chi connectivity index (χ2v) is 10.4. The lowest BCUT2D eigenvalue weighted by molar-refractivity contribution is 1.29. The van der Waals surface area contributed by atoms with Gasteiger partial charge in [0.2, 0.25) is 0 Å². The highest BCUT2D eigenvalue weighted by Gasteiger charge is 2.16. The Hall–Kier alpha value is -4.85. The Morgan fingerprint density at radius 3 is 1.65 bits per heavy atom. The van der Waals surface area contributed by atoms with E-state index in [9.17, 15) is 0 Å². The van der Waals surface area contributed by atoms with Crippen LogP contribution in [0.5, 0.6) is 0 Å². The van der Waals surface area contributed by atoms with E-state index < -0.39 is 0 Å². The zero-order valence-electron chi connectivity index (χ0n) is 21.8. The van der Waals surface area contributed by atoms with E-state index in [2.05, 4.69) is 157 Å². The minimum Gasteiger partial charge on any atom is -0.310 e. The van der Waals surface area contributed by atoms with Crippen molar-refractivity contribution in [3.63, 3.8) is 0 Å². The molecule has 0 saturated carbocycles. The maximum absolute atomic E-state index is 6.75. The monoisotopic (exact) mass is 531 g/mol. The summed E-state index contributed by atoms with van der Waals surface area (Å²) in [5.41, 5.74) is 7.85. The summed E-state index contributed by atoms with van der Waals surface area (Å²) in [5, 5.41) is 5.54. The predicted molar refractivity (Wildman–Crippen MR) is 172 cm³/mol. The van der Waals surface area contributed by atoms with Crippen LogP contribution >= 0.6 is 11.6 Å². The molecule has 0 N–H and O–H groups in total. The third kappa shape index (κ3) is 4.51. The second kappa shape index (κ2) is 10.4. The van der Waals surface area contributed by atoms with E-state index in [1.165, 1.54) is 27.3 Å². The SMILES string of the molecule is Clc1cc2ccccc2cc1-c1ccc(N(c2ccccc2)c2cc(-c3ccccc3)c3ccccc3c2)cc1. The Morgan fingerprint density at radius 1 is 0.375 bits per heavy atom. The van der Waals surface area contributed by atoms with Crippen molar-refractivity contribution in [2.45, 2.75) is 0 Å². The molecule has 0 unspecified atom stereocenters. The number of fused-ring (bicyclic) bond motifs is 2. The van der Waals surface area contributed by atoms with Crippen molar-refractivity contribution >= 4 is 50.2 Å². The Kier molecular flexibility index (Phi) is 6.28. The molecule has 190 valence electrons. The molecular formula is C38H26ClN. The highest BCUT2D eigenvalue weighted by atomic mass is 35.5. The maximum atomic E-state index is 6.75. The van der Waals surface area contributed by atoms with Gasteiger partial charge in [-0.25, -0.2) is 0 Å². The van der Waals surface area contributed by atoms with Gasteiger partial charge < -0.3 is 4.90 Å². The Balaban J connectivity index is 1.38. The van der Waals surface area contributed by atoms with E-state index in [1.54, 1.807) is 0 Å². The number of halogens is 1. The molecular weight excluding hydrogens is 506 g/mol. The summed E-state index contributed by atoms with van der Waals surface area (Å²) < 4.78 is 0. The first kappa shape index (κ1) is 24.2. The zero-order valence-corrected chi connectivity index (χ0v) is 22.6. The highest BCUT2D eigenvalue weighted by Crippen LogP contribution is 2.41. The molecule has 0 aliphatic carbocycles. The van der Waals surface area contributed by atoms with Gasteiger partial charge in [-0.15, -0.1) is 0 Å². The fraction of sp³-hybridized carbons (Fsp3) is 0. The van der Waals surface area contributed by atoms with Crippen LogP contribution in [0.4, 0.5) is 17.1 Å². The number of anilines is 3. The van der Waals surface area contributed by atoms with Crippen molar-refractivity contribution in [2.75, 3.05) is 4.90 Å². The zero-order chi connectivity index (χ0) is 26.9. The molecule has 0 amide bonds. The van der Waals surface area contributed by atoms with Crippen LogP contribution in [0, 0.1) is 0 Å². The van der Waals surface area contributed by atoms with E-state index in [1.807, 2.05) is 6.07 Å². The Morgan fingerprint density at radius 2 is 0.925 bits per heavy atom. The van der Waals surface area contributed by atoms with Gasteiger partial charge in [0.1, 0.15) is 0 Å². The summed E-state index contributed by atoms with van der Waals surface area (Å²) in [5.74, 6) is 0. The molecule has 1 nitrogen and oxygen atoms in total. The predicted octanol–water partition coefficient (Wildman–Crippen LogP) is 11.5. The average molecular weight is 532 g/mol. The van der Waals surface area contributed by atoms with E-state index in [4.69, 9.17) is 11.6 Å². The molecule has 0 spiro atoms. The molecule has 7 aromatic rings. The molecule has 0 aliphatic heterocycles. The molecule has 0 saturated heterocycles. The van der Waals surface area contributed by atoms with Gasteiger partial charge in [0.05, 0.1) is 0 Å². The summed E-state index contributed by atoms with van der Waals surface area (Å²) in [6.07, 6.45) is 0. The molecule has 0 aromatic heterocycles. The highest BCUT2D eigenvalue weighted by molar-refractivity contribution is 6.34. The van der Waals surface area contributed by atoms with Crippen LogP contribution in [0.3, 0.4) is 0 Å². The normalized spacial score (nSPS) is 11.1. The van der Waals surface area contributed by atoms with Crippen molar-refractivity contribution in [1.29, 1.82) is 0 Å². The molecule has 0 fully saturated rings. The third-order valence-electron chi connectivity index (χ3n) is 7.48. The Labute approximate surface area is 239 Å². The first-order valence-electron chi connectivity index (χ1n) is 13.5. The van der Waals surface area contributed by atoms with Crippen molar-refractivity contribution in [1.82, 2.24) is 0 Å². The number of hydrogen-bond acceptors (Lipinski definition) is 1. The van der Waals surface area contributed by atoms with Gasteiger partial charge in [0.25, 0.3) is 0 Å². The number of hydrogen-bond donors (Lipinski definition) is 0. The van der Waals surface area contributed by atoms with Crippen LogP contribution in [0.15, 0.2) is 158 Å². The van der Waals surface area contributed by atoms with Gasteiger partial charge in [-0.2, -0.15) is 0 Å². The molecule has 2 heteroatoms. The largest absolute Gasteiger partial charge is 0.310 e. The molecule has 7 aromatic carbocycles. The molecule has 0 atom stereocenters. The fourth-order valence-electron chi connectivity index (χ4n) is 5.53. The van der Waals surface area contributed by atoms with Gasteiger partial charge >= 0.3 is 0 Å². The molecule has 0 aliphatic rings. The lowest BCUT2D eigenvalue weighted by Crippen LogP contribution is -2.10. The lowest BCUT2D eigenvalue weighted by atomic mass is 9.96. The van der Waals surface area contributed by atoms with Crippen LogP contribution in [0.2, 0.25) is 5.02 Å². The number of rotatable bonds is 5. The average Bonchev–Trinajstić information content (AvgIpc) is 3.02. The summed E-state index contributed by atoms with van der Waals surface area (Å²) in [6.45, 7) is 0. The van der Waals surface area contributed by atoms with Crippen LogP contribution in [-0.4, -0.2) is 0 Å². The van der Waals surface area contributed by atoms with E-state index in [-0.39, 0.29) is 0 Å². The van der Waals surface area contributed by atoms with Crippen LogP contribution < -0.4 is 4.90 Å². The minimum atomic E-state index is 0.758. The lowest BCUT2D eigenvalue weighted by Gasteiger charge is -2.27. The number of nitrogens with zero attached hydrogens (tertiary/aromatic N) is 1. The van der Waals surface area contributed by atoms with Crippen molar-refractivity contribution in [3.8, 4) is 22.3 Å². The van der Waals surface area contributed by atoms with Gasteiger partial charge in [0.15, 0.2) is 0 Å². The fourth-order valence-corrected chi connectivity index (χ4v) is 5.81. The van der Waals surface area contributed by atoms with Gasteiger partial charge in [-0.3, -0.25) is 0 Å². The van der Waals surface area contributed by atoms with Crippen molar-refractivity contribution < 1.29 is 0 Å². The molecule has 7 rings (SSSR count). The molecule has 0 bridgehead atoms. The summed E-state index contributed by atoms with van der Waals surface area (Å²) in [4.78, 5) is 2.32. The maximum Gasteiger partial charge on any atom is 0.0490 e. The van der Waals surface area contributed by atoms with Gasteiger partial charge in [-0.05, 0) is 86.8 Å². The molecule has 40 heavy (non-hydrogen) atoms. The van der Waals surface area contributed by atoms with Crippen LogP contribution in [0.1, 0.15) is 0 Å². The molecule has 0 heterocycles. The summed E-state index contributed by atoms with van der Waals surface area (Å²) >= 11 is 6.75. The van der Waals surface area contributed by atoms with E-state index in [0.717, 1.165) is 38.6 Å². The third-order valence-corrected chi connectivity index (χ3v) is 7.79. The summed E-state index contributed by atoms with van der Waals surface area (Å²) in [7, 11) is 0. The first-order valence-corrected chi connectivity index (χ1v) is 13.8. The quantitative estimate of drug-likeness (QED) is 0.213. The number of para-hydroxylation sites is 1. The van der Waals surface area contributed by atoms with Crippen molar-refractivity contribution in [3.05, 3.63) is 163 Å². The first-order chi connectivity index (χ1) is 19.7. The van der Waals surface area contributed by atoms with Gasteiger partial charge in [0, 0.05) is 27.6 Å². The summed E-state index contributed by atoms with van der Waals surface area (Å²) in [6, 6.07) is 55.6. The van der Waals surface area contributed by atoms with Crippen LogP contribution in [0.25, 0.3) is 43.8 Å². The topological polar surface area (TPSA) is 3.24 Å². The minimum absolute atomic E-state index is 0.758. The number of benzene rings is 7. The van der Waals surface area contributed by atoms with E-state index >= 15 is 0 Å². The van der Waals surface area contributed by atoms with E-state index in [0.29, 0.717) is 0 Å². The Bertz CT molecular complexity index is 1940. The van der Waals surface area contributed by atoms with Crippen LogP contribution in [-0.2, 0) is 0 Å². The van der Waals surface area contributed by atoms with Gasteiger partial charge in [-0.1, -0.05) is 121 Å². The smallest absolute Gasteiger partial charge is 0.0490 e. The van der Waals surface area contributed by atoms with Crippen molar-refractivity contribution in [2.24, 2.45) is 0 Å². The second-order valence-electron chi connectivity index (χ2n) is 9.98. The standard InChI is InChI=1S/C38H26ClN/c39-38-25-30-14-8-7-13-29(30)24-37(38)28-19-21-33(22-20-28)40(32-16-5-2-6-17-32)34-23-31-15-9-10-18-35(31)36(26-34)27-11-3-1-4-12-27/h1-26H.